The van der Waals surface area contributed by atoms with Crippen LogP contribution < -0.4 is 10.9 Å². The van der Waals surface area contributed by atoms with Gasteiger partial charge >= 0.3 is 0 Å². The van der Waals surface area contributed by atoms with E-state index in [-0.39, 0.29) is 17.5 Å². The van der Waals surface area contributed by atoms with Gasteiger partial charge in [0.15, 0.2) is 0 Å². The number of hydrogen-bond acceptors (Lipinski definition) is 5. The van der Waals surface area contributed by atoms with E-state index in [1.165, 1.54) is 0 Å². The molecule has 3 N–H and O–H groups in total. The first-order valence-corrected chi connectivity index (χ1v) is 7.94. The predicted molar refractivity (Wildman–Crippen MR) is 82.6 cm³/mol. The molecule has 0 spiro atoms. The third-order valence-corrected chi connectivity index (χ3v) is 3.98. The van der Waals surface area contributed by atoms with Crippen LogP contribution in [0.3, 0.4) is 0 Å². The second kappa shape index (κ2) is 7.56. The van der Waals surface area contributed by atoms with E-state index < -0.39 is 0 Å². The van der Waals surface area contributed by atoms with Crippen molar-refractivity contribution in [3.8, 4) is 5.88 Å². The minimum Gasteiger partial charge on any atom is -0.493 e. The summed E-state index contributed by atoms with van der Waals surface area (Å²) in [5.74, 6) is 0.493. The molecule has 1 atom stereocenters. The molecule has 1 aliphatic rings. The van der Waals surface area contributed by atoms with Gasteiger partial charge in [-0.15, -0.1) is 0 Å². The maximum Gasteiger partial charge on any atom is 0.257 e. The molecule has 1 fully saturated rings. The Kier molecular flexibility index (Phi) is 5.76. The molecule has 0 saturated carbocycles. The maximum absolute atomic E-state index is 12.2. The fourth-order valence-electron chi connectivity index (χ4n) is 2.90. The molecule has 1 aromatic heterocycles. The van der Waals surface area contributed by atoms with Gasteiger partial charge in [0.2, 0.25) is 5.88 Å². The van der Waals surface area contributed by atoms with Gasteiger partial charge in [-0.25, -0.2) is 0 Å². The number of aromatic hydroxyl groups is 1. The lowest BCUT2D eigenvalue weighted by atomic mass is 10.1. The van der Waals surface area contributed by atoms with E-state index in [9.17, 15) is 9.90 Å². The van der Waals surface area contributed by atoms with Crippen LogP contribution in [-0.2, 0) is 6.42 Å². The summed E-state index contributed by atoms with van der Waals surface area (Å²) in [6, 6.07) is 0.0753. The molecular weight excluding hydrogens is 268 g/mol. The highest BCUT2D eigenvalue weighted by Gasteiger charge is 2.24. The molecule has 0 aliphatic carbocycles. The van der Waals surface area contributed by atoms with Gasteiger partial charge in [-0.3, -0.25) is 9.69 Å². The van der Waals surface area contributed by atoms with Crippen LogP contribution in [0, 0.1) is 0 Å². The average Bonchev–Trinajstić information content (AvgIpc) is 2.49. The summed E-state index contributed by atoms with van der Waals surface area (Å²) in [6.45, 7) is 7.87. The van der Waals surface area contributed by atoms with Crippen LogP contribution in [0.2, 0.25) is 0 Å². The van der Waals surface area contributed by atoms with Gasteiger partial charge in [-0.05, 0) is 12.8 Å². The Bertz CT molecular complexity index is 509. The van der Waals surface area contributed by atoms with Crippen LogP contribution in [0.1, 0.15) is 50.5 Å². The topological polar surface area (TPSA) is 81.2 Å². The van der Waals surface area contributed by atoms with E-state index in [0.29, 0.717) is 17.8 Å². The summed E-state index contributed by atoms with van der Waals surface area (Å²) >= 11 is 0. The Morgan fingerprint density at radius 1 is 1.29 bits per heavy atom. The molecule has 1 saturated heterocycles. The minimum atomic E-state index is -0.199. The Morgan fingerprint density at radius 2 is 2.00 bits per heavy atom. The van der Waals surface area contributed by atoms with E-state index in [2.05, 4.69) is 27.1 Å². The second-order valence-electron chi connectivity index (χ2n) is 5.59. The quantitative estimate of drug-likeness (QED) is 0.734. The SMILES string of the molecule is CCCc1c(O)nc(C(CCC)N2CCNCC2)[nH]c1=O. The summed E-state index contributed by atoms with van der Waals surface area (Å²) in [4.78, 5) is 21.7. The molecule has 0 bridgehead atoms. The van der Waals surface area contributed by atoms with Crippen LogP contribution in [-0.4, -0.2) is 46.2 Å². The van der Waals surface area contributed by atoms with Gasteiger partial charge in [0.05, 0.1) is 11.6 Å². The summed E-state index contributed by atoms with van der Waals surface area (Å²) in [5.41, 5.74) is 0.201. The van der Waals surface area contributed by atoms with Crippen molar-refractivity contribution in [2.75, 3.05) is 26.2 Å². The smallest absolute Gasteiger partial charge is 0.257 e. The zero-order valence-electron chi connectivity index (χ0n) is 13.0. The fraction of sp³-hybridized carbons (Fsp3) is 0.733. The highest BCUT2D eigenvalue weighted by molar-refractivity contribution is 5.23. The lowest BCUT2D eigenvalue weighted by Crippen LogP contribution is -2.45. The lowest BCUT2D eigenvalue weighted by Gasteiger charge is -2.34. The van der Waals surface area contributed by atoms with E-state index in [1.54, 1.807) is 0 Å². The van der Waals surface area contributed by atoms with Crippen LogP contribution in [0.4, 0.5) is 0 Å². The Balaban J connectivity index is 2.29. The van der Waals surface area contributed by atoms with E-state index >= 15 is 0 Å². The van der Waals surface area contributed by atoms with E-state index in [4.69, 9.17) is 0 Å². The van der Waals surface area contributed by atoms with Gasteiger partial charge in [-0.2, -0.15) is 4.98 Å². The van der Waals surface area contributed by atoms with Crippen molar-refractivity contribution in [1.82, 2.24) is 20.2 Å². The van der Waals surface area contributed by atoms with E-state index in [1.807, 2.05) is 6.92 Å². The number of aromatic amines is 1. The number of aromatic nitrogens is 2. The molecule has 1 unspecified atom stereocenters. The van der Waals surface area contributed by atoms with Crippen molar-refractivity contribution < 1.29 is 5.11 Å². The van der Waals surface area contributed by atoms with Gasteiger partial charge in [0, 0.05) is 26.2 Å². The fourth-order valence-corrected chi connectivity index (χ4v) is 2.90. The maximum atomic E-state index is 12.2. The Morgan fingerprint density at radius 3 is 2.57 bits per heavy atom. The molecular formula is C15H26N4O2. The third-order valence-electron chi connectivity index (χ3n) is 3.98. The minimum absolute atomic E-state index is 0.0753. The van der Waals surface area contributed by atoms with Crippen LogP contribution in [0.25, 0.3) is 0 Å². The molecule has 1 aliphatic heterocycles. The van der Waals surface area contributed by atoms with Crippen LogP contribution >= 0.6 is 0 Å². The number of piperazine rings is 1. The molecule has 118 valence electrons. The van der Waals surface area contributed by atoms with E-state index in [0.717, 1.165) is 45.4 Å². The molecule has 6 heteroatoms. The summed E-state index contributed by atoms with van der Waals surface area (Å²) in [6.07, 6.45) is 3.31. The molecule has 0 amide bonds. The van der Waals surface area contributed by atoms with Gasteiger partial charge in [-0.1, -0.05) is 26.7 Å². The monoisotopic (exact) mass is 294 g/mol. The average molecular weight is 294 g/mol. The Labute approximate surface area is 125 Å². The van der Waals surface area contributed by atoms with Crippen molar-refractivity contribution in [3.05, 3.63) is 21.7 Å². The second-order valence-corrected chi connectivity index (χ2v) is 5.59. The highest BCUT2D eigenvalue weighted by Crippen LogP contribution is 2.24. The summed E-state index contributed by atoms with van der Waals surface area (Å²) in [5, 5.41) is 13.4. The van der Waals surface area contributed by atoms with Gasteiger partial charge < -0.3 is 15.4 Å². The molecule has 2 rings (SSSR count). The normalized spacial score (nSPS) is 17.8. The van der Waals surface area contributed by atoms with Crippen LogP contribution in [0.15, 0.2) is 4.79 Å². The number of nitrogens with zero attached hydrogens (tertiary/aromatic N) is 2. The Hall–Kier alpha value is -1.40. The molecule has 1 aromatic rings. The predicted octanol–water partition coefficient (Wildman–Crippen LogP) is 1.17. The number of nitrogens with one attached hydrogen (secondary N) is 2. The van der Waals surface area contributed by atoms with Crippen molar-refractivity contribution in [1.29, 1.82) is 0 Å². The molecule has 2 heterocycles. The van der Waals surface area contributed by atoms with Crippen molar-refractivity contribution >= 4 is 0 Å². The van der Waals surface area contributed by atoms with Crippen molar-refractivity contribution in [2.45, 2.75) is 45.6 Å². The lowest BCUT2D eigenvalue weighted by molar-refractivity contribution is 0.157. The van der Waals surface area contributed by atoms with Gasteiger partial charge in [0.25, 0.3) is 5.56 Å². The standard InChI is InChI=1S/C15H26N4O2/c1-3-5-11-14(20)17-13(18-15(11)21)12(6-4-2)19-9-7-16-8-10-19/h12,16H,3-10H2,1-2H3,(H2,17,18,20,21). The zero-order valence-corrected chi connectivity index (χ0v) is 13.0. The summed E-state index contributed by atoms with van der Waals surface area (Å²) in [7, 11) is 0. The van der Waals surface area contributed by atoms with Crippen LogP contribution in [0.5, 0.6) is 5.88 Å². The molecule has 21 heavy (non-hydrogen) atoms. The van der Waals surface area contributed by atoms with Crippen molar-refractivity contribution in [3.63, 3.8) is 0 Å². The summed E-state index contributed by atoms with van der Waals surface area (Å²) < 4.78 is 0. The zero-order chi connectivity index (χ0) is 15.2. The number of rotatable bonds is 6. The first kappa shape index (κ1) is 16.0. The van der Waals surface area contributed by atoms with Gasteiger partial charge in [0.1, 0.15) is 5.82 Å². The molecule has 0 aromatic carbocycles. The highest BCUT2D eigenvalue weighted by atomic mass is 16.3. The molecule has 0 radical (unpaired) electrons. The largest absolute Gasteiger partial charge is 0.493 e. The first-order valence-electron chi connectivity index (χ1n) is 7.94. The number of hydrogen-bond donors (Lipinski definition) is 3. The molecule has 6 nitrogen and oxygen atoms in total. The number of H-pyrrole nitrogens is 1. The third kappa shape index (κ3) is 3.83. The first-order chi connectivity index (χ1) is 10.2. The van der Waals surface area contributed by atoms with Crippen molar-refractivity contribution in [2.24, 2.45) is 0 Å².